The lowest BCUT2D eigenvalue weighted by molar-refractivity contribution is 0.0696. The Bertz CT molecular complexity index is 1330. The van der Waals surface area contributed by atoms with E-state index in [1.165, 1.54) is 33.0 Å². The fraction of sp³-hybridized carbons (Fsp3) is 0.233. The van der Waals surface area contributed by atoms with Gasteiger partial charge in [0, 0.05) is 18.0 Å². The molecule has 4 aromatic carbocycles. The van der Waals surface area contributed by atoms with Crippen LogP contribution in [0.1, 0.15) is 63.5 Å². The number of carboxylic acids is 1. The molecule has 0 radical (unpaired) electrons. The highest BCUT2D eigenvalue weighted by Crippen LogP contribution is 2.38. The van der Waals surface area contributed by atoms with E-state index in [4.69, 9.17) is 0 Å². The molecule has 0 heterocycles. The number of benzene rings is 4. The van der Waals surface area contributed by atoms with Crippen molar-refractivity contribution in [1.82, 2.24) is 5.32 Å². The molecule has 0 aliphatic heterocycles. The van der Waals surface area contributed by atoms with Crippen LogP contribution in [-0.2, 0) is 6.42 Å². The molecule has 3 nitrogen and oxygen atoms in total. The summed E-state index contributed by atoms with van der Waals surface area (Å²) in [5.41, 5.74) is 6.44. The molecule has 0 spiro atoms. The second kappa shape index (κ2) is 10.0. The molecule has 3 atom stereocenters. The van der Waals surface area contributed by atoms with Gasteiger partial charge in [0.15, 0.2) is 0 Å². The minimum atomic E-state index is -0.869. The molecule has 1 aliphatic rings. The molecule has 1 aliphatic carbocycles. The van der Waals surface area contributed by atoms with Crippen LogP contribution in [0.15, 0.2) is 84.9 Å². The molecule has 2 N–H and O–H groups in total. The first-order valence-electron chi connectivity index (χ1n) is 11.7. The van der Waals surface area contributed by atoms with Crippen molar-refractivity contribution in [3.05, 3.63) is 118 Å². The number of fused-ring (bicyclic) bond motifs is 2. The van der Waals surface area contributed by atoms with Crippen molar-refractivity contribution in [3.63, 3.8) is 0 Å². The lowest BCUT2D eigenvalue weighted by Gasteiger charge is -2.34. The monoisotopic (exact) mass is 471 g/mol. The summed E-state index contributed by atoms with van der Waals surface area (Å²) in [6, 6.07) is 30.1. The van der Waals surface area contributed by atoms with E-state index in [0.29, 0.717) is 11.6 Å². The van der Waals surface area contributed by atoms with Crippen molar-refractivity contribution >= 4 is 29.1 Å². The molecule has 0 fully saturated rings. The Morgan fingerprint density at radius 2 is 1.71 bits per heavy atom. The van der Waals surface area contributed by atoms with Gasteiger partial charge in [-0.3, -0.25) is 0 Å². The van der Waals surface area contributed by atoms with E-state index in [1.54, 1.807) is 6.07 Å². The standard InChI is InChI=1S/C30H29NO2.ClH/c1-19-16-23(14-15-25(19)30(32)33)29-18-24(17-22-9-4-6-12-28(22)29)31-20(2)26-13-7-10-21-8-3-5-11-27(21)26;/h3-16,20,24,29,31H,17-18H2,1-2H3,(H,32,33);1H/t20-,24?,29?;/m1./s1. The Hall–Kier alpha value is -3.14. The predicted octanol–water partition coefficient (Wildman–Crippen LogP) is 7.07. The maximum Gasteiger partial charge on any atom is 0.335 e. The van der Waals surface area contributed by atoms with Gasteiger partial charge >= 0.3 is 5.97 Å². The average molecular weight is 472 g/mol. The fourth-order valence-corrected chi connectivity index (χ4v) is 5.48. The van der Waals surface area contributed by atoms with Gasteiger partial charge in [-0.1, -0.05) is 78.9 Å². The molecular weight excluding hydrogens is 442 g/mol. The maximum atomic E-state index is 11.5. The van der Waals surface area contributed by atoms with Crippen molar-refractivity contribution in [2.45, 2.75) is 44.7 Å². The third kappa shape index (κ3) is 4.59. The summed E-state index contributed by atoms with van der Waals surface area (Å²) in [6.07, 6.45) is 1.98. The topological polar surface area (TPSA) is 49.3 Å². The average Bonchev–Trinajstić information content (AvgIpc) is 2.82. The van der Waals surface area contributed by atoms with Gasteiger partial charge in [-0.2, -0.15) is 0 Å². The number of aryl methyl sites for hydroxylation is 1. The molecule has 5 rings (SSSR count). The highest BCUT2D eigenvalue weighted by atomic mass is 35.5. The molecule has 174 valence electrons. The zero-order chi connectivity index (χ0) is 22.9. The molecular formula is C30H30ClNO2. The maximum absolute atomic E-state index is 11.5. The first kappa shape index (κ1) is 24.0. The van der Waals surface area contributed by atoms with Crippen LogP contribution in [0, 0.1) is 6.92 Å². The van der Waals surface area contributed by atoms with E-state index in [0.717, 1.165) is 18.4 Å². The minimum Gasteiger partial charge on any atom is -0.478 e. The molecule has 0 amide bonds. The first-order chi connectivity index (χ1) is 16.0. The minimum absolute atomic E-state index is 0. The van der Waals surface area contributed by atoms with Crippen LogP contribution in [-0.4, -0.2) is 17.1 Å². The number of rotatable bonds is 5. The molecule has 0 aromatic heterocycles. The van der Waals surface area contributed by atoms with E-state index >= 15 is 0 Å². The SMILES string of the molecule is Cc1cc(C2CC(N[C@H](C)c3cccc4ccccc34)Cc3ccccc32)ccc1C(=O)O.Cl. The Labute approximate surface area is 207 Å². The van der Waals surface area contributed by atoms with E-state index in [1.807, 2.05) is 13.0 Å². The third-order valence-corrected chi connectivity index (χ3v) is 7.08. The van der Waals surface area contributed by atoms with Crippen LogP contribution < -0.4 is 5.32 Å². The second-order valence-corrected chi connectivity index (χ2v) is 9.22. The van der Waals surface area contributed by atoms with Crippen molar-refractivity contribution in [2.24, 2.45) is 0 Å². The largest absolute Gasteiger partial charge is 0.478 e. The fourth-order valence-electron chi connectivity index (χ4n) is 5.48. The van der Waals surface area contributed by atoms with Gasteiger partial charge in [-0.25, -0.2) is 4.79 Å². The second-order valence-electron chi connectivity index (χ2n) is 9.22. The van der Waals surface area contributed by atoms with Gasteiger partial charge in [0.05, 0.1) is 5.56 Å². The van der Waals surface area contributed by atoms with Crippen molar-refractivity contribution in [1.29, 1.82) is 0 Å². The van der Waals surface area contributed by atoms with Gasteiger partial charge in [-0.15, -0.1) is 12.4 Å². The smallest absolute Gasteiger partial charge is 0.335 e. The number of aromatic carboxylic acids is 1. The van der Waals surface area contributed by atoms with Crippen molar-refractivity contribution < 1.29 is 9.90 Å². The zero-order valence-electron chi connectivity index (χ0n) is 19.5. The van der Waals surface area contributed by atoms with Crippen molar-refractivity contribution in [3.8, 4) is 0 Å². The summed E-state index contributed by atoms with van der Waals surface area (Å²) in [5.74, 6) is -0.625. The summed E-state index contributed by atoms with van der Waals surface area (Å²) in [7, 11) is 0. The summed E-state index contributed by atoms with van der Waals surface area (Å²) >= 11 is 0. The Balaban J connectivity index is 0.00000274. The van der Waals surface area contributed by atoms with Gasteiger partial charge in [0.1, 0.15) is 0 Å². The van der Waals surface area contributed by atoms with Gasteiger partial charge < -0.3 is 10.4 Å². The zero-order valence-corrected chi connectivity index (χ0v) is 20.3. The lowest BCUT2D eigenvalue weighted by Crippen LogP contribution is -2.38. The van der Waals surface area contributed by atoms with E-state index in [9.17, 15) is 9.90 Å². The quantitative estimate of drug-likeness (QED) is 0.327. The highest BCUT2D eigenvalue weighted by Gasteiger charge is 2.29. The number of hydrogen-bond donors (Lipinski definition) is 2. The number of nitrogens with one attached hydrogen (secondary N) is 1. The number of halogens is 1. The summed E-state index contributed by atoms with van der Waals surface area (Å²) < 4.78 is 0. The number of hydrogen-bond acceptors (Lipinski definition) is 2. The Kier molecular flexibility index (Phi) is 7.06. The van der Waals surface area contributed by atoms with Crippen LogP contribution in [0.5, 0.6) is 0 Å². The number of carboxylic acid groups (broad SMARTS) is 1. The van der Waals surface area contributed by atoms with Crippen LogP contribution in [0.4, 0.5) is 0 Å². The predicted molar refractivity (Wildman–Crippen MR) is 141 cm³/mol. The Morgan fingerprint density at radius 1 is 0.971 bits per heavy atom. The molecule has 4 aromatic rings. The van der Waals surface area contributed by atoms with Gasteiger partial charge in [0.25, 0.3) is 0 Å². The van der Waals surface area contributed by atoms with E-state index in [2.05, 4.69) is 85.0 Å². The van der Waals surface area contributed by atoms with Crippen LogP contribution in [0.2, 0.25) is 0 Å². The first-order valence-corrected chi connectivity index (χ1v) is 11.7. The lowest BCUT2D eigenvalue weighted by atomic mass is 9.76. The molecule has 0 saturated carbocycles. The number of carbonyl (C=O) groups is 1. The van der Waals surface area contributed by atoms with Gasteiger partial charge in [-0.05, 0) is 71.3 Å². The summed E-state index contributed by atoms with van der Waals surface area (Å²) in [5, 5.41) is 15.9. The summed E-state index contributed by atoms with van der Waals surface area (Å²) in [6.45, 7) is 4.14. The van der Waals surface area contributed by atoms with Gasteiger partial charge in [0.2, 0.25) is 0 Å². The normalized spacial score (nSPS) is 18.1. The highest BCUT2D eigenvalue weighted by molar-refractivity contribution is 5.89. The van der Waals surface area contributed by atoms with Crippen LogP contribution in [0.25, 0.3) is 10.8 Å². The molecule has 34 heavy (non-hydrogen) atoms. The van der Waals surface area contributed by atoms with E-state index < -0.39 is 5.97 Å². The van der Waals surface area contributed by atoms with Crippen LogP contribution in [0.3, 0.4) is 0 Å². The molecule has 2 unspecified atom stereocenters. The third-order valence-electron chi connectivity index (χ3n) is 7.08. The van der Waals surface area contributed by atoms with Crippen molar-refractivity contribution in [2.75, 3.05) is 0 Å². The molecule has 0 saturated heterocycles. The van der Waals surface area contributed by atoms with Crippen LogP contribution >= 0.6 is 12.4 Å². The molecule has 0 bridgehead atoms. The van der Waals surface area contributed by atoms with E-state index in [-0.39, 0.29) is 24.4 Å². The molecule has 4 heteroatoms. The summed E-state index contributed by atoms with van der Waals surface area (Å²) in [4.78, 5) is 11.5. The Morgan fingerprint density at radius 3 is 2.50 bits per heavy atom.